The Hall–Kier alpha value is -2.80. The molecule has 0 saturated heterocycles. The number of hydrogen-bond donors (Lipinski definition) is 4. The van der Waals surface area contributed by atoms with Crippen molar-refractivity contribution in [3.8, 4) is 17.6 Å². The molecule has 2 aromatic carbocycles. The fourth-order valence-electron chi connectivity index (χ4n) is 2.48. The third kappa shape index (κ3) is 5.13. The summed E-state index contributed by atoms with van der Waals surface area (Å²) >= 11 is 1.30. The number of nitrogens with one attached hydrogen (secondary N) is 2. The minimum absolute atomic E-state index is 0.0516. The van der Waals surface area contributed by atoms with Crippen LogP contribution in [0.15, 0.2) is 36.4 Å². The summed E-state index contributed by atoms with van der Waals surface area (Å²) in [4.78, 5) is 4.08. The minimum Gasteiger partial charge on any atom is -0.506 e. The number of anilines is 2. The lowest BCUT2D eigenvalue weighted by molar-refractivity contribution is 0.480. The van der Waals surface area contributed by atoms with Crippen molar-refractivity contribution in [2.24, 2.45) is 0 Å². The first-order valence-corrected chi connectivity index (χ1v) is 11.0. The maximum Gasteiger partial charge on any atom is 0.211 e. The number of sulfonamides is 1. The number of nitrogen functional groups attached to an aromatic ring is 1. The number of nitrogens with zero attached hydrogens (tertiary/aromatic N) is 1. The van der Waals surface area contributed by atoms with Gasteiger partial charge in [-0.25, -0.2) is 18.1 Å². The summed E-state index contributed by atoms with van der Waals surface area (Å²) in [7, 11) is -3.22. The molecule has 5 N–H and O–H groups in total. The first kappa shape index (κ1) is 19.9. The van der Waals surface area contributed by atoms with Crippen LogP contribution >= 0.6 is 11.3 Å². The van der Waals surface area contributed by atoms with Gasteiger partial charge in [-0.1, -0.05) is 35.3 Å². The van der Waals surface area contributed by atoms with Crippen molar-refractivity contribution in [3.63, 3.8) is 0 Å². The Morgan fingerprint density at radius 3 is 2.89 bits per heavy atom. The van der Waals surface area contributed by atoms with Crippen molar-refractivity contribution >= 4 is 42.4 Å². The van der Waals surface area contributed by atoms with Crippen molar-refractivity contribution < 1.29 is 13.5 Å². The Kier molecular flexibility index (Phi) is 6.04. The molecule has 0 aliphatic carbocycles. The van der Waals surface area contributed by atoms with Gasteiger partial charge in [-0.05, 0) is 36.8 Å². The van der Waals surface area contributed by atoms with E-state index in [0.29, 0.717) is 22.8 Å². The van der Waals surface area contributed by atoms with E-state index in [0.717, 1.165) is 16.0 Å². The zero-order chi connectivity index (χ0) is 20.1. The van der Waals surface area contributed by atoms with E-state index in [9.17, 15) is 13.5 Å². The summed E-state index contributed by atoms with van der Waals surface area (Å²) in [5, 5.41) is 13.6. The van der Waals surface area contributed by atoms with E-state index in [4.69, 9.17) is 5.73 Å². The molecular formula is C19H20N4O3S2. The summed E-state index contributed by atoms with van der Waals surface area (Å²) in [5.41, 5.74) is 8.54. The van der Waals surface area contributed by atoms with Crippen molar-refractivity contribution in [1.82, 2.24) is 9.71 Å². The summed E-state index contributed by atoms with van der Waals surface area (Å²) in [6.45, 7) is 2.24. The van der Waals surface area contributed by atoms with E-state index < -0.39 is 10.0 Å². The van der Waals surface area contributed by atoms with Crippen molar-refractivity contribution in [2.45, 2.75) is 13.5 Å². The smallest absolute Gasteiger partial charge is 0.211 e. The Bertz CT molecular complexity index is 1160. The number of phenols is 1. The molecule has 0 aliphatic rings. The molecule has 0 aliphatic heterocycles. The predicted octanol–water partition coefficient (Wildman–Crippen LogP) is 2.49. The van der Waals surface area contributed by atoms with Crippen molar-refractivity contribution in [3.05, 3.63) is 47.5 Å². The van der Waals surface area contributed by atoms with Crippen molar-refractivity contribution in [2.75, 3.05) is 23.3 Å². The average Bonchev–Trinajstić information content (AvgIpc) is 3.05. The van der Waals surface area contributed by atoms with Crippen LogP contribution in [-0.2, 0) is 16.6 Å². The number of aromatic hydroxyl groups is 1. The van der Waals surface area contributed by atoms with Crippen LogP contribution in [0, 0.1) is 11.8 Å². The average molecular weight is 417 g/mol. The Balaban J connectivity index is 1.62. The highest BCUT2D eigenvalue weighted by molar-refractivity contribution is 7.89. The SMILES string of the molecule is CCS(=O)(=O)NCc1cccc(NCC#Cc2cc(O)c3nc(N)sc3c2)c1. The number of phenolic OH excluding ortho intramolecular Hbond substituents is 1. The minimum atomic E-state index is -3.22. The van der Waals surface area contributed by atoms with Gasteiger partial charge in [0.05, 0.1) is 17.0 Å². The molecule has 146 valence electrons. The van der Waals surface area contributed by atoms with Gasteiger partial charge in [-0.3, -0.25) is 0 Å². The zero-order valence-electron chi connectivity index (χ0n) is 15.2. The standard InChI is InChI=1S/C19H20N4O3S2/c1-2-28(25,26)22-12-14-5-3-7-15(9-14)21-8-4-6-13-10-16(24)18-17(11-13)27-19(20)23-18/h3,5,7,9-11,21-22,24H,2,8,12H2,1H3,(H2,20,23). The molecule has 9 heteroatoms. The first-order valence-electron chi connectivity index (χ1n) is 8.54. The van der Waals surface area contributed by atoms with Gasteiger partial charge >= 0.3 is 0 Å². The lowest BCUT2D eigenvalue weighted by Gasteiger charge is -2.07. The molecule has 3 aromatic rings. The molecule has 0 saturated carbocycles. The number of thiazole rings is 1. The van der Waals surface area contributed by atoms with Crippen LogP contribution in [0.4, 0.5) is 10.8 Å². The van der Waals surface area contributed by atoms with Gasteiger partial charge in [0.15, 0.2) is 5.13 Å². The number of nitrogens with two attached hydrogens (primary N) is 1. The van der Waals surface area contributed by atoms with E-state index in [1.54, 1.807) is 13.0 Å². The molecule has 0 bridgehead atoms. The predicted molar refractivity (Wildman–Crippen MR) is 114 cm³/mol. The van der Waals surface area contributed by atoms with E-state index in [1.165, 1.54) is 11.3 Å². The second-order valence-electron chi connectivity index (χ2n) is 5.97. The number of fused-ring (bicyclic) bond motifs is 1. The largest absolute Gasteiger partial charge is 0.506 e. The second kappa shape index (κ2) is 8.48. The summed E-state index contributed by atoms with van der Waals surface area (Å²) < 4.78 is 26.4. The Morgan fingerprint density at radius 2 is 2.11 bits per heavy atom. The van der Waals surface area contributed by atoms with Crippen LogP contribution in [-0.4, -0.2) is 30.8 Å². The fraction of sp³-hybridized carbons (Fsp3) is 0.211. The van der Waals surface area contributed by atoms with Gasteiger partial charge in [0, 0.05) is 17.8 Å². The first-order chi connectivity index (χ1) is 13.4. The van der Waals surface area contributed by atoms with Gasteiger partial charge in [-0.15, -0.1) is 0 Å². The highest BCUT2D eigenvalue weighted by atomic mass is 32.2. The normalized spacial score (nSPS) is 11.2. The molecule has 0 radical (unpaired) electrons. The van der Waals surface area contributed by atoms with E-state index in [2.05, 4.69) is 26.9 Å². The van der Waals surface area contributed by atoms with E-state index >= 15 is 0 Å². The summed E-state index contributed by atoms with van der Waals surface area (Å²) in [6, 6.07) is 10.9. The van der Waals surface area contributed by atoms with Gasteiger partial charge in [0.2, 0.25) is 10.0 Å². The van der Waals surface area contributed by atoms with Gasteiger partial charge < -0.3 is 16.2 Å². The maximum atomic E-state index is 11.5. The van der Waals surface area contributed by atoms with Crippen LogP contribution in [0.1, 0.15) is 18.1 Å². The number of benzene rings is 2. The van der Waals surface area contributed by atoms with Crippen LogP contribution in [0.5, 0.6) is 5.75 Å². The summed E-state index contributed by atoms with van der Waals surface area (Å²) in [6.07, 6.45) is 0. The molecule has 7 nitrogen and oxygen atoms in total. The quantitative estimate of drug-likeness (QED) is 0.459. The van der Waals surface area contributed by atoms with Gasteiger partial charge in [-0.2, -0.15) is 0 Å². The van der Waals surface area contributed by atoms with E-state index in [-0.39, 0.29) is 18.0 Å². The van der Waals surface area contributed by atoms with Crippen LogP contribution in [0.25, 0.3) is 10.2 Å². The third-order valence-electron chi connectivity index (χ3n) is 3.91. The number of hydrogen-bond acceptors (Lipinski definition) is 7. The molecule has 0 fully saturated rings. The molecule has 0 amide bonds. The molecule has 1 aromatic heterocycles. The lowest BCUT2D eigenvalue weighted by Crippen LogP contribution is -2.24. The van der Waals surface area contributed by atoms with Gasteiger partial charge in [0.25, 0.3) is 0 Å². The molecule has 3 rings (SSSR count). The topological polar surface area (TPSA) is 117 Å². The Labute approximate surface area is 167 Å². The molecule has 0 atom stereocenters. The number of aromatic nitrogens is 1. The molecule has 0 unspecified atom stereocenters. The zero-order valence-corrected chi connectivity index (χ0v) is 16.8. The third-order valence-corrected chi connectivity index (χ3v) is 6.08. The number of rotatable bonds is 6. The Morgan fingerprint density at radius 1 is 1.29 bits per heavy atom. The van der Waals surface area contributed by atoms with Crippen LogP contribution < -0.4 is 15.8 Å². The fourth-order valence-corrected chi connectivity index (χ4v) is 3.87. The monoisotopic (exact) mass is 416 g/mol. The highest BCUT2D eigenvalue weighted by Gasteiger charge is 2.07. The molecule has 1 heterocycles. The lowest BCUT2D eigenvalue weighted by atomic mass is 10.2. The van der Waals surface area contributed by atoms with E-state index in [1.807, 2.05) is 30.3 Å². The van der Waals surface area contributed by atoms with Gasteiger partial charge in [0.1, 0.15) is 11.3 Å². The molecule has 0 spiro atoms. The van der Waals surface area contributed by atoms with Crippen LogP contribution in [0.2, 0.25) is 0 Å². The van der Waals surface area contributed by atoms with Crippen LogP contribution in [0.3, 0.4) is 0 Å². The van der Waals surface area contributed by atoms with Crippen molar-refractivity contribution in [1.29, 1.82) is 0 Å². The second-order valence-corrected chi connectivity index (χ2v) is 9.13. The highest BCUT2D eigenvalue weighted by Crippen LogP contribution is 2.31. The molecule has 28 heavy (non-hydrogen) atoms. The maximum absolute atomic E-state index is 11.5. The summed E-state index contributed by atoms with van der Waals surface area (Å²) in [5.74, 6) is 6.11. The molecular weight excluding hydrogens is 396 g/mol.